The van der Waals surface area contributed by atoms with E-state index in [2.05, 4.69) is 4.98 Å². The molecule has 1 rings (SSSR count). The minimum Gasteiger partial charge on any atom is -0.345 e. The number of primary sulfonamides is 1. The summed E-state index contributed by atoms with van der Waals surface area (Å²) in [4.78, 5) is 15.3. The fraction of sp³-hybridized carbons (Fsp3) is 0.250. The first kappa shape index (κ1) is 12.5. The highest BCUT2D eigenvalue weighted by molar-refractivity contribution is 7.89. The van der Waals surface area contributed by atoms with Gasteiger partial charge in [0.05, 0.1) is 11.8 Å². The van der Waals surface area contributed by atoms with Gasteiger partial charge < -0.3 is 4.90 Å². The molecule has 1 aromatic rings. The largest absolute Gasteiger partial charge is 0.345 e. The molecule has 0 aromatic carbocycles. The lowest BCUT2D eigenvalue weighted by molar-refractivity contribution is 0.0821. The topological polar surface area (TPSA) is 93.4 Å². The first-order valence-corrected chi connectivity index (χ1v) is 5.68. The van der Waals surface area contributed by atoms with Gasteiger partial charge in [-0.3, -0.25) is 4.79 Å². The Morgan fingerprint density at radius 2 is 2.06 bits per heavy atom. The van der Waals surface area contributed by atoms with Crippen LogP contribution in [0.3, 0.4) is 0 Å². The van der Waals surface area contributed by atoms with Crippen LogP contribution in [0.15, 0.2) is 17.2 Å². The van der Waals surface area contributed by atoms with E-state index in [0.29, 0.717) is 0 Å². The predicted molar refractivity (Wildman–Crippen MR) is 53.6 cm³/mol. The molecule has 1 heterocycles. The predicted octanol–water partition coefficient (Wildman–Crippen LogP) is -0.430. The molecular formula is C8H10FN3O3S. The van der Waals surface area contributed by atoms with Gasteiger partial charge in [0.25, 0.3) is 5.91 Å². The Bertz CT molecular complexity index is 527. The summed E-state index contributed by atoms with van der Waals surface area (Å²) in [7, 11) is -1.18. The molecule has 0 radical (unpaired) electrons. The monoisotopic (exact) mass is 247 g/mol. The van der Waals surface area contributed by atoms with Crippen molar-refractivity contribution in [1.82, 2.24) is 9.88 Å². The number of nitrogens with two attached hydrogens (primary N) is 1. The molecule has 1 aromatic heterocycles. The number of hydrogen-bond donors (Lipinski definition) is 1. The summed E-state index contributed by atoms with van der Waals surface area (Å²) in [5.74, 6) is -1.72. The molecule has 1 amide bonds. The Balaban J connectivity index is 3.36. The maximum atomic E-state index is 13.2. The molecule has 0 unspecified atom stereocenters. The average Bonchev–Trinajstić information content (AvgIpc) is 2.15. The van der Waals surface area contributed by atoms with E-state index in [0.717, 1.165) is 17.2 Å². The van der Waals surface area contributed by atoms with Crippen molar-refractivity contribution in [3.8, 4) is 0 Å². The van der Waals surface area contributed by atoms with Crippen molar-refractivity contribution < 1.29 is 17.6 Å². The fourth-order valence-electron chi connectivity index (χ4n) is 0.975. The standard InChI is InChI=1S/C8H10FN3O3S/c1-12(2)8(13)6-3-5(16(10,14)15)4-11-7(6)9/h3-4H,1-2H3,(H2,10,14,15). The van der Waals surface area contributed by atoms with E-state index in [9.17, 15) is 17.6 Å². The molecule has 0 bridgehead atoms. The van der Waals surface area contributed by atoms with Crippen LogP contribution in [0.5, 0.6) is 0 Å². The van der Waals surface area contributed by atoms with Crippen LogP contribution < -0.4 is 5.14 Å². The lowest BCUT2D eigenvalue weighted by atomic mass is 10.2. The number of halogens is 1. The SMILES string of the molecule is CN(C)C(=O)c1cc(S(N)(=O)=O)cnc1F. The van der Waals surface area contributed by atoms with E-state index in [1.165, 1.54) is 14.1 Å². The fourth-order valence-corrected chi connectivity index (χ4v) is 1.46. The van der Waals surface area contributed by atoms with Gasteiger partial charge in [0.15, 0.2) is 0 Å². The van der Waals surface area contributed by atoms with Gasteiger partial charge in [0.2, 0.25) is 16.0 Å². The Morgan fingerprint density at radius 1 is 1.50 bits per heavy atom. The third-order valence-electron chi connectivity index (χ3n) is 1.78. The highest BCUT2D eigenvalue weighted by Crippen LogP contribution is 2.12. The zero-order chi connectivity index (χ0) is 12.5. The van der Waals surface area contributed by atoms with Crippen LogP contribution in [0.1, 0.15) is 10.4 Å². The van der Waals surface area contributed by atoms with Crippen molar-refractivity contribution >= 4 is 15.9 Å². The lowest BCUT2D eigenvalue weighted by Crippen LogP contribution is -2.24. The van der Waals surface area contributed by atoms with Crippen molar-refractivity contribution in [2.45, 2.75) is 4.90 Å². The number of carbonyl (C=O) groups excluding carboxylic acids is 1. The lowest BCUT2D eigenvalue weighted by Gasteiger charge is -2.10. The van der Waals surface area contributed by atoms with Crippen molar-refractivity contribution in [3.05, 3.63) is 23.8 Å². The van der Waals surface area contributed by atoms with Crippen LogP contribution in [0, 0.1) is 5.95 Å². The smallest absolute Gasteiger partial charge is 0.258 e. The van der Waals surface area contributed by atoms with Crippen molar-refractivity contribution in [2.75, 3.05) is 14.1 Å². The normalized spacial score (nSPS) is 11.2. The van der Waals surface area contributed by atoms with E-state index < -0.39 is 32.3 Å². The first-order chi connectivity index (χ1) is 7.23. The summed E-state index contributed by atoms with van der Waals surface area (Å²) < 4.78 is 35.1. The summed E-state index contributed by atoms with van der Waals surface area (Å²) in [6.45, 7) is 0. The van der Waals surface area contributed by atoms with Gasteiger partial charge in [-0.15, -0.1) is 0 Å². The maximum Gasteiger partial charge on any atom is 0.258 e. The minimum absolute atomic E-state index is 0.404. The third kappa shape index (κ3) is 2.52. The molecule has 2 N–H and O–H groups in total. The third-order valence-corrected chi connectivity index (χ3v) is 2.66. The highest BCUT2D eigenvalue weighted by Gasteiger charge is 2.19. The van der Waals surface area contributed by atoms with E-state index in [4.69, 9.17) is 5.14 Å². The van der Waals surface area contributed by atoms with Crippen molar-refractivity contribution in [3.63, 3.8) is 0 Å². The number of nitrogens with zero attached hydrogens (tertiary/aromatic N) is 2. The maximum absolute atomic E-state index is 13.2. The molecule has 8 heteroatoms. The van der Waals surface area contributed by atoms with Gasteiger partial charge in [-0.05, 0) is 6.07 Å². The Hall–Kier alpha value is -1.54. The number of carbonyl (C=O) groups is 1. The number of hydrogen-bond acceptors (Lipinski definition) is 4. The molecule has 0 fully saturated rings. The molecular weight excluding hydrogens is 237 g/mol. The second kappa shape index (κ2) is 4.14. The summed E-state index contributed by atoms with van der Waals surface area (Å²) in [5.41, 5.74) is -0.434. The zero-order valence-electron chi connectivity index (χ0n) is 8.64. The van der Waals surface area contributed by atoms with Crippen molar-refractivity contribution in [1.29, 1.82) is 0 Å². The molecule has 88 valence electrons. The van der Waals surface area contributed by atoms with E-state index in [1.54, 1.807) is 0 Å². The minimum atomic E-state index is -4.00. The Morgan fingerprint density at radius 3 is 2.50 bits per heavy atom. The van der Waals surface area contributed by atoms with Gasteiger partial charge in [0.1, 0.15) is 4.90 Å². The quantitative estimate of drug-likeness (QED) is 0.717. The number of rotatable bonds is 2. The molecule has 6 nitrogen and oxygen atoms in total. The zero-order valence-corrected chi connectivity index (χ0v) is 9.45. The summed E-state index contributed by atoms with van der Waals surface area (Å²) >= 11 is 0. The van der Waals surface area contributed by atoms with Gasteiger partial charge >= 0.3 is 0 Å². The molecule has 16 heavy (non-hydrogen) atoms. The van der Waals surface area contributed by atoms with Crippen LogP contribution >= 0.6 is 0 Å². The second-order valence-electron chi connectivity index (χ2n) is 3.25. The molecule has 0 aliphatic carbocycles. The number of pyridine rings is 1. The Labute approximate surface area is 91.9 Å². The molecule has 0 saturated carbocycles. The average molecular weight is 247 g/mol. The van der Waals surface area contributed by atoms with Crippen LogP contribution in [0.4, 0.5) is 4.39 Å². The van der Waals surface area contributed by atoms with E-state index in [1.807, 2.05) is 0 Å². The van der Waals surface area contributed by atoms with Gasteiger partial charge in [-0.25, -0.2) is 18.5 Å². The summed E-state index contributed by atoms with van der Waals surface area (Å²) in [5, 5.41) is 4.84. The van der Waals surface area contributed by atoms with Gasteiger partial charge in [0, 0.05) is 14.1 Å². The van der Waals surface area contributed by atoms with Crippen LogP contribution in [-0.4, -0.2) is 38.3 Å². The highest BCUT2D eigenvalue weighted by atomic mass is 32.2. The van der Waals surface area contributed by atoms with Crippen molar-refractivity contribution in [2.24, 2.45) is 5.14 Å². The van der Waals surface area contributed by atoms with Crippen LogP contribution in [-0.2, 0) is 10.0 Å². The van der Waals surface area contributed by atoms with Crippen LogP contribution in [0.25, 0.3) is 0 Å². The molecule has 0 saturated heterocycles. The first-order valence-electron chi connectivity index (χ1n) is 4.13. The summed E-state index contributed by atoms with van der Waals surface area (Å²) in [6, 6.07) is 0.861. The van der Waals surface area contributed by atoms with Gasteiger partial charge in [-0.1, -0.05) is 0 Å². The Kier molecular flexibility index (Phi) is 3.24. The van der Waals surface area contributed by atoms with Crippen LogP contribution in [0.2, 0.25) is 0 Å². The van der Waals surface area contributed by atoms with Gasteiger partial charge in [-0.2, -0.15) is 4.39 Å². The van der Waals surface area contributed by atoms with E-state index in [-0.39, 0.29) is 0 Å². The molecule has 0 aliphatic rings. The number of amides is 1. The number of sulfonamides is 1. The van der Waals surface area contributed by atoms with E-state index >= 15 is 0 Å². The molecule has 0 aliphatic heterocycles. The number of aromatic nitrogens is 1. The second-order valence-corrected chi connectivity index (χ2v) is 4.82. The molecule has 0 atom stereocenters. The molecule has 0 spiro atoms. The summed E-state index contributed by atoms with van der Waals surface area (Å²) in [6.07, 6.45) is 0.761.